The Kier molecular flexibility index (Phi) is 7.88. The van der Waals surface area contributed by atoms with E-state index in [-0.39, 0.29) is 0 Å². The number of hydrogen-bond acceptors (Lipinski definition) is 2. The molecular weight excluding hydrogens is 785 g/mol. The summed E-state index contributed by atoms with van der Waals surface area (Å²) in [7, 11) is 0. The lowest BCUT2D eigenvalue weighted by molar-refractivity contribution is 1.54. The van der Waals surface area contributed by atoms with E-state index >= 15 is 0 Å². The molecule has 0 saturated carbocycles. The highest BCUT2D eigenvalue weighted by molar-refractivity contribution is 7.80. The monoisotopic (exact) mass is 820 g/mol. The van der Waals surface area contributed by atoms with Crippen LogP contribution in [0, 0.1) is 0 Å². The van der Waals surface area contributed by atoms with Crippen molar-refractivity contribution in [3.63, 3.8) is 0 Å². The van der Waals surface area contributed by atoms with Crippen LogP contribution in [-0.2, 0) is 0 Å². The minimum atomic E-state index is 0.960. The average molecular weight is 821 g/mol. The van der Waals surface area contributed by atoms with Gasteiger partial charge in [0.15, 0.2) is 0 Å². The van der Waals surface area contributed by atoms with Gasteiger partial charge in [0.2, 0.25) is 0 Å². The highest BCUT2D eigenvalue weighted by Gasteiger charge is 2.10. The van der Waals surface area contributed by atoms with Crippen LogP contribution >= 0.6 is 25.3 Å². The molecule has 0 aromatic heterocycles. The first-order valence-electron chi connectivity index (χ1n) is 21.2. The van der Waals surface area contributed by atoms with E-state index < -0.39 is 0 Å². The van der Waals surface area contributed by atoms with Gasteiger partial charge in [0.05, 0.1) is 0 Å². The van der Waals surface area contributed by atoms with Gasteiger partial charge in [-0.2, -0.15) is 0 Å². The molecule has 0 nitrogen and oxygen atoms in total. The third kappa shape index (κ3) is 5.64. The van der Waals surface area contributed by atoms with Crippen LogP contribution in [0.5, 0.6) is 0 Å². The molecule has 0 unspecified atom stereocenters. The van der Waals surface area contributed by atoms with Gasteiger partial charge in [0.1, 0.15) is 0 Å². The molecule has 22 aromatic carbocycles. The second kappa shape index (κ2) is 13.7. The zero-order valence-electron chi connectivity index (χ0n) is 33.5. The second-order valence-corrected chi connectivity index (χ2v) is 17.8. The van der Waals surface area contributed by atoms with Crippen molar-refractivity contribution in [2.45, 2.75) is 9.79 Å². The van der Waals surface area contributed by atoms with Gasteiger partial charge in [0, 0.05) is 9.79 Å². The molecule has 0 aliphatic carbocycles. The molecule has 22 aromatic rings. The van der Waals surface area contributed by atoms with Crippen LogP contribution in [0.4, 0.5) is 0 Å². The van der Waals surface area contributed by atoms with E-state index in [0.29, 0.717) is 0 Å². The van der Waals surface area contributed by atoms with Gasteiger partial charge in [-0.1, -0.05) is 158 Å². The average Bonchev–Trinajstić information content (AvgIpc) is 3.32. The van der Waals surface area contributed by atoms with E-state index in [1.807, 2.05) is 0 Å². The lowest BCUT2D eigenvalue weighted by Crippen LogP contribution is -1.83. The van der Waals surface area contributed by atoms with Crippen molar-refractivity contribution < 1.29 is 0 Å². The summed E-state index contributed by atoms with van der Waals surface area (Å²) in [5.41, 5.74) is 0. The molecule has 0 saturated heterocycles. The van der Waals surface area contributed by atoms with Crippen LogP contribution < -0.4 is 0 Å². The van der Waals surface area contributed by atoms with Gasteiger partial charge in [0.25, 0.3) is 0 Å². The summed E-state index contributed by atoms with van der Waals surface area (Å²) in [6.45, 7) is 0. The minimum absolute atomic E-state index is 0.960. The molecule has 288 valence electrons. The smallest absolute Gasteiger partial charge is 0.00465 e. The predicted molar refractivity (Wildman–Crippen MR) is 277 cm³/mol. The Hall–Kier alpha value is -7.10. The van der Waals surface area contributed by atoms with Gasteiger partial charge in [-0.3, -0.25) is 0 Å². The standard InChI is InChI=1S/C60H36S2/c61-47-25-27-49-35-1-5-39(6-2-35)53-31-57-43-17-19-44(20-18-43)58-32-54-40-7-3-36(4-8-40)50-28-26-48(62)30-52(50)38-11-15-42(16-12-38)56(54)34-60(58)46-23-21-45(22-24-46)59(57)33-55(53)41-13-9-37(10-14-41)51(49)29-47/h1-34,61-62H. The zero-order valence-corrected chi connectivity index (χ0v) is 35.3. The molecule has 2 heteroatoms. The summed E-state index contributed by atoms with van der Waals surface area (Å²) in [5.74, 6) is 0. The maximum atomic E-state index is 4.72. The number of rotatable bonds is 0. The molecular formula is C60H36S2. The van der Waals surface area contributed by atoms with Crippen LogP contribution in [0.3, 0.4) is 0 Å². The molecule has 0 aliphatic rings. The van der Waals surface area contributed by atoms with E-state index in [2.05, 4.69) is 206 Å². The quantitative estimate of drug-likeness (QED) is 0.140. The molecule has 0 aliphatic heterocycles. The lowest BCUT2D eigenvalue weighted by Gasteiger charge is -2.10. The summed E-state index contributed by atoms with van der Waals surface area (Å²) >= 11 is 9.43. The number of thiol groups is 2. The Bertz CT molecular complexity index is 3840. The van der Waals surface area contributed by atoms with Crippen LogP contribution in [0.1, 0.15) is 0 Å². The Morgan fingerprint density at radius 1 is 0.145 bits per heavy atom. The normalized spacial score (nSPS) is 12.0. The predicted octanol–water partition coefficient (Wildman–Crippen LogP) is 17.8. The number of benzene rings is 10. The second-order valence-electron chi connectivity index (χ2n) is 16.8. The summed E-state index contributed by atoms with van der Waals surface area (Å²) in [5, 5.41) is 28.9. The minimum Gasteiger partial charge on any atom is -0.143 e. The molecule has 0 fully saturated rings. The molecule has 12 bridgehead atoms. The van der Waals surface area contributed by atoms with E-state index in [9.17, 15) is 0 Å². The molecule has 0 amide bonds. The van der Waals surface area contributed by atoms with E-state index in [0.717, 1.165) is 9.79 Å². The highest BCUT2D eigenvalue weighted by atomic mass is 32.1. The molecule has 0 spiro atoms. The summed E-state index contributed by atoms with van der Waals surface area (Å²) in [6, 6.07) is 77.5. The van der Waals surface area contributed by atoms with E-state index in [1.165, 1.54) is 129 Å². The first kappa shape index (κ1) is 35.6. The van der Waals surface area contributed by atoms with E-state index in [1.54, 1.807) is 0 Å². The van der Waals surface area contributed by atoms with Crippen LogP contribution in [0.25, 0.3) is 129 Å². The van der Waals surface area contributed by atoms with Crippen LogP contribution in [-0.4, -0.2) is 0 Å². The van der Waals surface area contributed by atoms with E-state index in [4.69, 9.17) is 25.3 Å². The van der Waals surface area contributed by atoms with Gasteiger partial charge < -0.3 is 0 Å². The van der Waals surface area contributed by atoms with Crippen molar-refractivity contribution in [3.05, 3.63) is 206 Å². The van der Waals surface area contributed by atoms with Crippen molar-refractivity contribution in [1.82, 2.24) is 0 Å². The summed E-state index contributed by atoms with van der Waals surface area (Å²) in [6.07, 6.45) is 0. The largest absolute Gasteiger partial charge is 0.143 e. The fourth-order valence-corrected chi connectivity index (χ4v) is 10.5. The van der Waals surface area contributed by atoms with Gasteiger partial charge >= 0.3 is 0 Å². The third-order valence-corrected chi connectivity index (χ3v) is 13.9. The van der Waals surface area contributed by atoms with Gasteiger partial charge in [-0.25, -0.2) is 0 Å². The summed E-state index contributed by atoms with van der Waals surface area (Å²) < 4.78 is 0. The molecule has 0 heterocycles. The van der Waals surface area contributed by atoms with Crippen molar-refractivity contribution in [1.29, 1.82) is 0 Å². The van der Waals surface area contributed by atoms with Crippen molar-refractivity contribution in [3.8, 4) is 0 Å². The summed E-state index contributed by atoms with van der Waals surface area (Å²) in [4.78, 5) is 1.92. The molecule has 22 rings (SSSR count). The SMILES string of the molecule is Sc1ccc2c3ccc(cc3)c3cc4c5ccc(cc5)c5cc6c7ccc(cc7)c7ccc(S)cc7c7ccc(cc7)c6cc5c5ccc(cc5)c4cc3c3ccc(cc3)c2c1. The number of hydrogen-bond donors (Lipinski definition) is 2. The van der Waals surface area contributed by atoms with Crippen molar-refractivity contribution >= 4 is 155 Å². The highest BCUT2D eigenvalue weighted by Crippen LogP contribution is 2.38. The Morgan fingerprint density at radius 3 is 0.468 bits per heavy atom. The van der Waals surface area contributed by atoms with Crippen LogP contribution in [0.15, 0.2) is 216 Å². The Morgan fingerprint density at radius 2 is 0.290 bits per heavy atom. The maximum Gasteiger partial charge on any atom is 0.00465 e. The van der Waals surface area contributed by atoms with Crippen molar-refractivity contribution in [2.24, 2.45) is 0 Å². The van der Waals surface area contributed by atoms with Crippen molar-refractivity contribution in [2.75, 3.05) is 0 Å². The first-order valence-corrected chi connectivity index (χ1v) is 22.1. The Balaban J connectivity index is 1.14. The van der Waals surface area contributed by atoms with Gasteiger partial charge in [-0.15, -0.1) is 25.3 Å². The molecule has 62 heavy (non-hydrogen) atoms. The maximum absolute atomic E-state index is 4.72. The molecule has 0 atom stereocenters. The van der Waals surface area contributed by atoms with Gasteiger partial charge in [-0.05, 0) is 178 Å². The first-order chi connectivity index (χ1) is 30.5. The molecule has 0 N–H and O–H groups in total. The fourth-order valence-electron chi connectivity index (χ4n) is 10.1. The fraction of sp³-hybridized carbons (Fsp3) is 0. The topological polar surface area (TPSA) is 0 Å². The lowest BCUT2D eigenvalue weighted by atomic mass is 9.93. The zero-order chi connectivity index (χ0) is 41.1. The van der Waals surface area contributed by atoms with Crippen LogP contribution in [0.2, 0.25) is 0 Å². The molecule has 0 radical (unpaired) electrons. The third-order valence-electron chi connectivity index (χ3n) is 13.4. The Labute approximate surface area is 368 Å².